The summed E-state index contributed by atoms with van der Waals surface area (Å²) in [6, 6.07) is 10.7. The van der Waals surface area contributed by atoms with Gasteiger partial charge in [-0.05, 0) is 37.2 Å². The maximum Gasteiger partial charge on any atom is 0.309 e. The molecule has 6 rings (SSSR count). The maximum absolute atomic E-state index is 13.2. The summed E-state index contributed by atoms with van der Waals surface area (Å²) in [4.78, 5) is 34.1. The first-order valence-electron chi connectivity index (χ1n) is 12.8. The fraction of sp³-hybridized carbons (Fsp3) is 0.556. The Balaban J connectivity index is 1.16. The van der Waals surface area contributed by atoms with Crippen LogP contribution in [-0.4, -0.2) is 58.6 Å². The maximum atomic E-state index is 13.2. The van der Waals surface area contributed by atoms with Crippen molar-refractivity contribution >= 4 is 17.7 Å². The molecule has 7 nitrogen and oxygen atoms in total. The predicted octanol–water partition coefficient (Wildman–Crippen LogP) is 3.93. The minimum Gasteiger partial charge on any atom is -0.456 e. The molecule has 0 spiro atoms. The summed E-state index contributed by atoms with van der Waals surface area (Å²) in [5, 5.41) is 2.86. The Labute approximate surface area is 201 Å². The van der Waals surface area contributed by atoms with E-state index in [0.29, 0.717) is 28.7 Å². The molecule has 180 valence electrons. The fourth-order valence-corrected chi connectivity index (χ4v) is 6.27. The van der Waals surface area contributed by atoms with Gasteiger partial charge in [-0.3, -0.25) is 14.6 Å². The van der Waals surface area contributed by atoms with E-state index in [9.17, 15) is 9.59 Å². The third-order valence-electron chi connectivity index (χ3n) is 8.19. The van der Waals surface area contributed by atoms with Gasteiger partial charge in [0, 0.05) is 31.2 Å². The van der Waals surface area contributed by atoms with Crippen LogP contribution in [0.4, 0.5) is 5.82 Å². The van der Waals surface area contributed by atoms with Crippen molar-refractivity contribution in [3.8, 4) is 0 Å². The van der Waals surface area contributed by atoms with E-state index < -0.39 is 0 Å². The summed E-state index contributed by atoms with van der Waals surface area (Å²) >= 11 is 0. The Kier molecular flexibility index (Phi) is 6.90. The van der Waals surface area contributed by atoms with E-state index in [0.717, 1.165) is 64.6 Å². The lowest BCUT2D eigenvalue weighted by Gasteiger charge is -2.51. The van der Waals surface area contributed by atoms with Crippen LogP contribution in [-0.2, 0) is 14.3 Å². The number of anilines is 1. The lowest BCUT2D eigenvalue weighted by atomic mass is 9.83. The Morgan fingerprint density at radius 3 is 2.59 bits per heavy atom. The topological polar surface area (TPSA) is 81.2 Å². The molecule has 4 fully saturated rings. The van der Waals surface area contributed by atoms with Gasteiger partial charge in [-0.2, -0.15) is 0 Å². The van der Waals surface area contributed by atoms with E-state index in [1.807, 2.05) is 0 Å². The number of fused-ring (bicyclic) bond motifs is 3. The first-order chi connectivity index (χ1) is 16.6. The molecule has 2 unspecified atom stereocenters. The van der Waals surface area contributed by atoms with Gasteiger partial charge in [0.05, 0.1) is 25.2 Å². The molecule has 34 heavy (non-hydrogen) atoms. The van der Waals surface area contributed by atoms with Gasteiger partial charge in [-0.25, -0.2) is 4.98 Å². The standard InChI is InChI=1S/C27H34N4O3/c32-26(30-25-17-28-13-14-29-25)19-31-15-11-22(12-16-31)24(18-31)34-27(33)23-8-4-7-21(9-10-23)20-5-2-1-3-6-20/h1-3,5-6,13-14,17,21-24H,4,7-12,15-16,18-19H2/p+1/t21?,22?,23?,24-,31?/m0/s1. The Hall–Kier alpha value is -2.80. The molecule has 2 aromatic rings. The number of esters is 1. The van der Waals surface area contributed by atoms with Crippen LogP contribution in [0.25, 0.3) is 0 Å². The molecular weight excluding hydrogens is 428 g/mol. The van der Waals surface area contributed by atoms with Gasteiger partial charge >= 0.3 is 5.97 Å². The summed E-state index contributed by atoms with van der Waals surface area (Å²) in [6.45, 7) is 3.06. The molecule has 7 heteroatoms. The Morgan fingerprint density at radius 2 is 1.82 bits per heavy atom. The van der Waals surface area contributed by atoms with Gasteiger partial charge in [-0.1, -0.05) is 36.8 Å². The first-order valence-corrected chi connectivity index (χ1v) is 12.8. The van der Waals surface area contributed by atoms with Gasteiger partial charge in [0.15, 0.2) is 18.5 Å². The number of hydrogen-bond acceptors (Lipinski definition) is 5. The van der Waals surface area contributed by atoms with Crippen LogP contribution in [0.3, 0.4) is 0 Å². The number of carbonyl (C=O) groups is 2. The minimum atomic E-state index is -0.0764. The van der Waals surface area contributed by atoms with Crippen LogP contribution in [0.15, 0.2) is 48.9 Å². The summed E-state index contributed by atoms with van der Waals surface area (Å²) in [5.41, 5.74) is 1.39. The largest absolute Gasteiger partial charge is 0.456 e. The van der Waals surface area contributed by atoms with Crippen molar-refractivity contribution in [2.75, 3.05) is 31.5 Å². The predicted molar refractivity (Wildman–Crippen MR) is 129 cm³/mol. The highest BCUT2D eigenvalue weighted by Crippen LogP contribution is 2.38. The highest BCUT2D eigenvalue weighted by atomic mass is 16.5. The monoisotopic (exact) mass is 463 g/mol. The molecule has 1 N–H and O–H groups in total. The number of benzene rings is 1. The number of ether oxygens (including phenoxy) is 1. The second-order valence-corrected chi connectivity index (χ2v) is 10.4. The van der Waals surface area contributed by atoms with Crippen molar-refractivity contribution in [1.82, 2.24) is 9.97 Å². The average Bonchev–Trinajstić information content (AvgIpc) is 3.12. The zero-order valence-corrected chi connectivity index (χ0v) is 19.8. The number of rotatable bonds is 6. The van der Waals surface area contributed by atoms with Crippen LogP contribution in [0.5, 0.6) is 0 Å². The van der Waals surface area contributed by atoms with Crippen molar-refractivity contribution < 1.29 is 18.8 Å². The van der Waals surface area contributed by atoms with Crippen molar-refractivity contribution in [2.24, 2.45) is 11.8 Å². The molecule has 1 amide bonds. The quantitative estimate of drug-likeness (QED) is 0.399. The Bertz CT molecular complexity index is 976. The molecule has 0 radical (unpaired) electrons. The summed E-state index contributed by atoms with van der Waals surface area (Å²) in [6.07, 6.45) is 11.7. The van der Waals surface area contributed by atoms with E-state index in [2.05, 4.69) is 45.6 Å². The number of carbonyl (C=O) groups excluding carboxylic acids is 2. The zero-order chi connectivity index (χ0) is 23.4. The molecule has 1 aliphatic carbocycles. The average molecular weight is 464 g/mol. The first kappa shape index (κ1) is 23.0. The third kappa shape index (κ3) is 5.30. The molecular formula is C27H35N4O3+. The van der Waals surface area contributed by atoms with Crippen molar-refractivity contribution in [2.45, 2.75) is 57.0 Å². The van der Waals surface area contributed by atoms with Crippen LogP contribution in [0.1, 0.15) is 56.4 Å². The highest BCUT2D eigenvalue weighted by Gasteiger charge is 2.49. The number of aromatic nitrogens is 2. The number of quaternary nitrogens is 1. The normalized spacial score (nSPS) is 30.8. The van der Waals surface area contributed by atoms with Gasteiger partial charge in [-0.15, -0.1) is 0 Å². The van der Waals surface area contributed by atoms with Crippen LogP contribution < -0.4 is 5.32 Å². The smallest absolute Gasteiger partial charge is 0.309 e. The summed E-state index contributed by atoms with van der Waals surface area (Å²) in [5.74, 6) is 1.36. The van der Waals surface area contributed by atoms with E-state index in [1.54, 1.807) is 18.6 Å². The Morgan fingerprint density at radius 1 is 1.00 bits per heavy atom. The number of nitrogens with zero attached hydrogens (tertiary/aromatic N) is 3. The molecule has 4 aliphatic rings. The number of hydrogen-bond donors (Lipinski definition) is 1. The second-order valence-electron chi connectivity index (χ2n) is 10.4. The lowest BCUT2D eigenvalue weighted by molar-refractivity contribution is -0.939. The lowest BCUT2D eigenvalue weighted by Crippen LogP contribution is -2.66. The van der Waals surface area contributed by atoms with E-state index >= 15 is 0 Å². The summed E-state index contributed by atoms with van der Waals surface area (Å²) < 4.78 is 6.87. The summed E-state index contributed by atoms with van der Waals surface area (Å²) in [7, 11) is 0. The molecule has 1 saturated carbocycles. The van der Waals surface area contributed by atoms with E-state index in [1.165, 1.54) is 5.56 Å². The number of piperidine rings is 3. The molecule has 2 bridgehead atoms. The molecule has 3 saturated heterocycles. The van der Waals surface area contributed by atoms with Gasteiger partial charge in [0.2, 0.25) is 0 Å². The minimum absolute atomic E-state index is 0.00225. The van der Waals surface area contributed by atoms with Crippen LogP contribution in [0, 0.1) is 11.8 Å². The number of amides is 1. The van der Waals surface area contributed by atoms with Crippen LogP contribution >= 0.6 is 0 Å². The third-order valence-corrected chi connectivity index (χ3v) is 8.19. The van der Waals surface area contributed by atoms with Crippen molar-refractivity contribution in [3.63, 3.8) is 0 Å². The van der Waals surface area contributed by atoms with Crippen molar-refractivity contribution in [1.29, 1.82) is 0 Å². The fourth-order valence-electron chi connectivity index (χ4n) is 6.27. The van der Waals surface area contributed by atoms with Gasteiger partial charge in [0.1, 0.15) is 6.54 Å². The molecule has 1 aromatic carbocycles. The number of nitrogens with one attached hydrogen (secondary N) is 1. The van der Waals surface area contributed by atoms with Crippen molar-refractivity contribution in [3.05, 3.63) is 54.5 Å². The SMILES string of the molecule is O=C(C[N+]12CCC(CC1)[C@@H](OC(=O)C1CCCC(c3ccccc3)CC1)C2)Nc1cnccn1. The van der Waals surface area contributed by atoms with E-state index in [-0.39, 0.29) is 23.9 Å². The van der Waals surface area contributed by atoms with Gasteiger partial charge in [0.25, 0.3) is 5.91 Å². The molecule has 3 aliphatic heterocycles. The van der Waals surface area contributed by atoms with Gasteiger partial charge < -0.3 is 14.5 Å². The molecule has 3 atom stereocenters. The second kappa shape index (κ2) is 10.2. The van der Waals surface area contributed by atoms with E-state index in [4.69, 9.17) is 4.74 Å². The molecule has 1 aromatic heterocycles. The van der Waals surface area contributed by atoms with Crippen LogP contribution in [0.2, 0.25) is 0 Å². The highest BCUT2D eigenvalue weighted by molar-refractivity contribution is 5.90. The zero-order valence-electron chi connectivity index (χ0n) is 19.8. The molecule has 4 heterocycles.